The third-order valence-corrected chi connectivity index (χ3v) is 2.85. The van der Waals surface area contributed by atoms with Crippen molar-refractivity contribution < 1.29 is 0 Å². The number of nitrogen functional groups attached to an aromatic ring is 1. The third kappa shape index (κ3) is 2.52. The highest BCUT2D eigenvalue weighted by Crippen LogP contribution is 2.14. The van der Waals surface area contributed by atoms with E-state index < -0.39 is 0 Å². The molecule has 1 aromatic heterocycles. The number of anilines is 2. The molecule has 1 aliphatic rings. The summed E-state index contributed by atoms with van der Waals surface area (Å²) in [5.41, 5.74) is 6.33. The number of nitrogens with two attached hydrogens (primary N) is 1. The molecule has 0 unspecified atom stereocenters. The molecule has 0 radical (unpaired) electrons. The Morgan fingerprint density at radius 3 is 2.62 bits per heavy atom. The third-order valence-electron chi connectivity index (χ3n) is 2.85. The van der Waals surface area contributed by atoms with Crippen molar-refractivity contribution in [2.75, 3.05) is 43.4 Å². The Hall–Kier alpha value is -1.55. The van der Waals surface area contributed by atoms with Gasteiger partial charge in [-0.05, 0) is 12.1 Å². The van der Waals surface area contributed by atoms with Crippen molar-refractivity contribution in [3.8, 4) is 0 Å². The second kappa shape index (κ2) is 4.99. The highest BCUT2D eigenvalue weighted by molar-refractivity contribution is 5.46. The minimum atomic E-state index is 0.717. The first-order valence-corrected chi connectivity index (χ1v) is 5.59. The van der Waals surface area contributed by atoms with Gasteiger partial charge in [-0.3, -0.25) is 4.90 Å². The second-order valence-electron chi connectivity index (χ2n) is 4.03. The minimum absolute atomic E-state index is 0.717. The van der Waals surface area contributed by atoms with Crippen LogP contribution >= 0.6 is 0 Å². The lowest BCUT2D eigenvalue weighted by atomic mass is 10.3. The molecular weight excluding hydrogens is 200 g/mol. The number of hydrogen-bond acceptors (Lipinski definition) is 4. The molecule has 2 N–H and O–H groups in total. The van der Waals surface area contributed by atoms with E-state index in [0.717, 1.165) is 38.5 Å². The maximum Gasteiger partial charge on any atom is 0.128 e. The van der Waals surface area contributed by atoms with Crippen LogP contribution in [-0.2, 0) is 0 Å². The van der Waals surface area contributed by atoms with Crippen molar-refractivity contribution in [2.45, 2.75) is 0 Å². The molecule has 0 bridgehead atoms. The number of aromatic nitrogens is 1. The highest BCUT2D eigenvalue weighted by Gasteiger charge is 2.16. The van der Waals surface area contributed by atoms with Crippen LogP contribution in [0.3, 0.4) is 0 Å². The average Bonchev–Trinajstić information content (AvgIpc) is 2.32. The number of piperazine rings is 1. The summed E-state index contributed by atoms with van der Waals surface area (Å²) >= 11 is 0. The Balaban J connectivity index is 1.93. The van der Waals surface area contributed by atoms with Crippen molar-refractivity contribution >= 4 is 11.5 Å². The molecule has 0 atom stereocenters. The number of nitrogens with zero attached hydrogens (tertiary/aromatic N) is 3. The molecule has 86 valence electrons. The molecule has 0 aromatic carbocycles. The van der Waals surface area contributed by atoms with Crippen LogP contribution < -0.4 is 10.6 Å². The van der Waals surface area contributed by atoms with Gasteiger partial charge in [0, 0.05) is 32.7 Å². The summed E-state index contributed by atoms with van der Waals surface area (Å²) in [6, 6.07) is 3.89. The molecule has 1 fully saturated rings. The van der Waals surface area contributed by atoms with Crippen LogP contribution in [0, 0.1) is 0 Å². The quantitative estimate of drug-likeness (QED) is 0.768. The van der Waals surface area contributed by atoms with Crippen LogP contribution in [0.1, 0.15) is 0 Å². The fourth-order valence-electron chi connectivity index (χ4n) is 1.93. The first-order chi connectivity index (χ1) is 7.79. The van der Waals surface area contributed by atoms with Crippen LogP contribution in [0.5, 0.6) is 0 Å². The lowest BCUT2D eigenvalue weighted by molar-refractivity contribution is 0.283. The van der Waals surface area contributed by atoms with Gasteiger partial charge >= 0.3 is 0 Å². The minimum Gasteiger partial charge on any atom is -0.397 e. The van der Waals surface area contributed by atoms with Crippen molar-refractivity contribution in [1.29, 1.82) is 0 Å². The molecule has 2 heterocycles. The van der Waals surface area contributed by atoms with Gasteiger partial charge in [-0.2, -0.15) is 0 Å². The predicted octanol–water partition coefficient (Wildman–Crippen LogP) is 0.972. The van der Waals surface area contributed by atoms with Gasteiger partial charge in [-0.15, -0.1) is 6.58 Å². The SMILES string of the molecule is C=CCN1CCN(c2ccc(N)cn2)CC1. The van der Waals surface area contributed by atoms with Crippen LogP contribution in [0.2, 0.25) is 0 Å². The average molecular weight is 218 g/mol. The summed E-state index contributed by atoms with van der Waals surface area (Å²) in [5, 5.41) is 0. The smallest absolute Gasteiger partial charge is 0.128 e. The van der Waals surface area contributed by atoms with Crippen LogP contribution in [-0.4, -0.2) is 42.6 Å². The van der Waals surface area contributed by atoms with Crippen molar-refractivity contribution in [2.24, 2.45) is 0 Å². The highest BCUT2D eigenvalue weighted by atomic mass is 15.3. The number of rotatable bonds is 3. The predicted molar refractivity (Wildman–Crippen MR) is 67.5 cm³/mol. The van der Waals surface area contributed by atoms with E-state index in [2.05, 4.69) is 21.4 Å². The van der Waals surface area contributed by atoms with E-state index in [1.165, 1.54) is 0 Å². The molecule has 0 spiro atoms. The van der Waals surface area contributed by atoms with Gasteiger partial charge in [0.2, 0.25) is 0 Å². The lowest BCUT2D eigenvalue weighted by Gasteiger charge is -2.34. The molecule has 0 amide bonds. The molecule has 0 aliphatic carbocycles. The normalized spacial score (nSPS) is 17.4. The largest absolute Gasteiger partial charge is 0.397 e. The van der Waals surface area contributed by atoms with Gasteiger partial charge in [0.15, 0.2) is 0 Å². The first kappa shape index (κ1) is 11.0. The van der Waals surface area contributed by atoms with E-state index in [9.17, 15) is 0 Å². The Morgan fingerprint density at radius 1 is 1.31 bits per heavy atom. The fourth-order valence-corrected chi connectivity index (χ4v) is 1.93. The van der Waals surface area contributed by atoms with E-state index >= 15 is 0 Å². The van der Waals surface area contributed by atoms with Crippen molar-refractivity contribution in [3.05, 3.63) is 31.0 Å². The maximum atomic E-state index is 5.62. The van der Waals surface area contributed by atoms with Crippen LogP contribution in [0.4, 0.5) is 11.5 Å². The maximum absolute atomic E-state index is 5.62. The molecule has 1 aliphatic heterocycles. The van der Waals surface area contributed by atoms with Gasteiger partial charge in [0.25, 0.3) is 0 Å². The summed E-state index contributed by atoms with van der Waals surface area (Å²) < 4.78 is 0. The zero-order valence-electron chi connectivity index (χ0n) is 9.47. The molecule has 1 aromatic rings. The topological polar surface area (TPSA) is 45.4 Å². The van der Waals surface area contributed by atoms with Crippen molar-refractivity contribution in [1.82, 2.24) is 9.88 Å². The Bertz CT molecular complexity index is 339. The standard InChI is InChI=1S/C12H18N4/c1-2-5-15-6-8-16(9-7-15)12-4-3-11(13)10-14-12/h2-4,10H,1,5-9,13H2. The second-order valence-corrected chi connectivity index (χ2v) is 4.03. The van der Waals surface area contributed by atoms with Gasteiger partial charge in [-0.1, -0.05) is 6.08 Å². The Labute approximate surface area is 96.4 Å². The summed E-state index contributed by atoms with van der Waals surface area (Å²) in [7, 11) is 0. The summed E-state index contributed by atoms with van der Waals surface area (Å²) in [4.78, 5) is 9.02. The van der Waals surface area contributed by atoms with E-state index in [1.54, 1.807) is 6.20 Å². The van der Waals surface area contributed by atoms with E-state index in [-0.39, 0.29) is 0 Å². The number of pyridine rings is 1. The molecular formula is C12H18N4. The zero-order valence-corrected chi connectivity index (χ0v) is 9.47. The van der Waals surface area contributed by atoms with Crippen LogP contribution in [0.25, 0.3) is 0 Å². The lowest BCUT2D eigenvalue weighted by Crippen LogP contribution is -2.46. The molecule has 16 heavy (non-hydrogen) atoms. The summed E-state index contributed by atoms with van der Waals surface area (Å²) in [6.45, 7) is 8.91. The van der Waals surface area contributed by atoms with Crippen molar-refractivity contribution in [3.63, 3.8) is 0 Å². The Morgan fingerprint density at radius 2 is 2.06 bits per heavy atom. The van der Waals surface area contributed by atoms with E-state index in [4.69, 9.17) is 5.73 Å². The summed E-state index contributed by atoms with van der Waals surface area (Å²) in [5.74, 6) is 1.02. The molecule has 0 saturated carbocycles. The Kier molecular flexibility index (Phi) is 3.41. The van der Waals surface area contributed by atoms with Gasteiger partial charge < -0.3 is 10.6 Å². The van der Waals surface area contributed by atoms with Gasteiger partial charge in [-0.25, -0.2) is 4.98 Å². The molecule has 2 rings (SSSR count). The molecule has 1 saturated heterocycles. The van der Waals surface area contributed by atoms with E-state index in [1.807, 2.05) is 18.2 Å². The molecule has 4 nitrogen and oxygen atoms in total. The fraction of sp³-hybridized carbons (Fsp3) is 0.417. The van der Waals surface area contributed by atoms with E-state index in [0.29, 0.717) is 5.69 Å². The zero-order chi connectivity index (χ0) is 11.4. The monoisotopic (exact) mass is 218 g/mol. The number of hydrogen-bond donors (Lipinski definition) is 1. The summed E-state index contributed by atoms with van der Waals surface area (Å²) in [6.07, 6.45) is 3.67. The first-order valence-electron chi connectivity index (χ1n) is 5.59. The molecule has 4 heteroatoms. The van der Waals surface area contributed by atoms with Crippen LogP contribution in [0.15, 0.2) is 31.0 Å². The van der Waals surface area contributed by atoms with Gasteiger partial charge in [0.05, 0.1) is 11.9 Å². The van der Waals surface area contributed by atoms with Gasteiger partial charge in [0.1, 0.15) is 5.82 Å².